The summed E-state index contributed by atoms with van der Waals surface area (Å²) in [4.78, 5) is 0.0795. The first kappa shape index (κ1) is 14.2. The predicted molar refractivity (Wildman–Crippen MR) is 76.6 cm³/mol. The van der Waals surface area contributed by atoms with Gasteiger partial charge in [0.05, 0.1) is 4.90 Å². The molecule has 0 saturated carbocycles. The third kappa shape index (κ3) is 2.08. The Hall–Kier alpha value is -1.73. The maximum absolute atomic E-state index is 12.8. The van der Waals surface area contributed by atoms with Gasteiger partial charge in [-0.1, -0.05) is 42.5 Å². The van der Waals surface area contributed by atoms with E-state index in [-0.39, 0.29) is 4.90 Å². The fourth-order valence-electron chi connectivity index (χ4n) is 2.61. The van der Waals surface area contributed by atoms with Crippen LogP contribution in [0.3, 0.4) is 0 Å². The minimum atomic E-state index is -4.00. The van der Waals surface area contributed by atoms with Crippen molar-refractivity contribution in [3.8, 4) is 0 Å². The molecule has 0 aliphatic carbocycles. The van der Waals surface area contributed by atoms with Crippen LogP contribution < -0.4 is 0 Å². The molecule has 2 aromatic rings. The normalized spacial score (nSPS) is 22.2. The van der Waals surface area contributed by atoms with Crippen LogP contribution in [0.25, 0.3) is 0 Å². The Morgan fingerprint density at radius 3 is 1.90 bits per heavy atom. The number of aliphatic hydroxyl groups is 2. The molecule has 0 saturated heterocycles. The van der Waals surface area contributed by atoms with Crippen molar-refractivity contribution in [2.24, 2.45) is 0 Å². The molecule has 2 aromatic carbocycles. The summed E-state index contributed by atoms with van der Waals surface area (Å²) in [7, 11) is -4.00. The number of benzene rings is 2. The van der Waals surface area contributed by atoms with Crippen molar-refractivity contribution in [2.75, 3.05) is 0 Å². The Morgan fingerprint density at radius 1 is 0.905 bits per heavy atom. The van der Waals surface area contributed by atoms with Crippen molar-refractivity contribution in [3.05, 3.63) is 65.2 Å². The van der Waals surface area contributed by atoms with E-state index in [0.29, 0.717) is 16.7 Å². The molecule has 5 nitrogen and oxygen atoms in total. The van der Waals surface area contributed by atoms with Crippen molar-refractivity contribution >= 4 is 10.0 Å². The summed E-state index contributed by atoms with van der Waals surface area (Å²) in [6.45, 7) is 1.68. The Kier molecular flexibility index (Phi) is 3.33. The quantitative estimate of drug-likeness (QED) is 0.885. The topological polar surface area (TPSA) is 77.8 Å². The van der Waals surface area contributed by atoms with E-state index in [9.17, 15) is 18.6 Å². The van der Waals surface area contributed by atoms with E-state index < -0.39 is 22.5 Å². The van der Waals surface area contributed by atoms with E-state index in [2.05, 4.69) is 0 Å². The summed E-state index contributed by atoms with van der Waals surface area (Å²) in [5.74, 6) is 0. The molecular weight excluding hydrogens is 290 g/mol. The standard InChI is InChI=1S/C15H15NO4S/c1-10-6-2-5-9-13(10)21(19,20)16-14(17)11-7-3-4-8-12(11)15(16)18/h2-9,14-15,17-18H,1H3. The van der Waals surface area contributed by atoms with E-state index in [0.717, 1.165) is 4.31 Å². The average molecular weight is 305 g/mol. The van der Waals surface area contributed by atoms with Gasteiger partial charge in [-0.2, -0.15) is 0 Å². The molecule has 0 radical (unpaired) electrons. The van der Waals surface area contributed by atoms with Crippen LogP contribution in [-0.2, 0) is 10.0 Å². The molecule has 2 N–H and O–H groups in total. The molecular formula is C15H15NO4S. The van der Waals surface area contributed by atoms with Gasteiger partial charge in [0.2, 0.25) is 10.0 Å². The molecule has 0 fully saturated rings. The summed E-state index contributed by atoms with van der Waals surface area (Å²) < 4.78 is 26.2. The second-order valence-corrected chi connectivity index (χ2v) is 6.79. The van der Waals surface area contributed by atoms with Gasteiger partial charge in [-0.25, -0.2) is 8.42 Å². The molecule has 1 aliphatic heterocycles. The van der Waals surface area contributed by atoms with Crippen molar-refractivity contribution in [1.82, 2.24) is 4.31 Å². The lowest BCUT2D eigenvalue weighted by Gasteiger charge is -2.24. The van der Waals surface area contributed by atoms with E-state index in [1.54, 1.807) is 49.4 Å². The number of fused-ring (bicyclic) bond motifs is 1. The molecule has 1 heterocycles. The zero-order chi connectivity index (χ0) is 15.2. The summed E-state index contributed by atoms with van der Waals surface area (Å²) in [6, 6.07) is 13.1. The summed E-state index contributed by atoms with van der Waals surface area (Å²) >= 11 is 0. The molecule has 6 heteroatoms. The van der Waals surface area contributed by atoms with E-state index >= 15 is 0 Å². The van der Waals surface area contributed by atoms with Gasteiger partial charge in [0, 0.05) is 11.1 Å². The van der Waals surface area contributed by atoms with Crippen molar-refractivity contribution < 1.29 is 18.6 Å². The maximum atomic E-state index is 12.8. The molecule has 0 aromatic heterocycles. The number of aryl methyl sites for hydroxylation is 1. The maximum Gasteiger partial charge on any atom is 0.248 e. The van der Waals surface area contributed by atoms with Crippen LogP contribution in [0, 0.1) is 6.92 Å². The van der Waals surface area contributed by atoms with E-state index in [4.69, 9.17) is 0 Å². The van der Waals surface area contributed by atoms with Gasteiger partial charge < -0.3 is 10.2 Å². The number of sulfonamides is 1. The lowest BCUT2D eigenvalue weighted by atomic mass is 10.1. The fraction of sp³-hybridized carbons (Fsp3) is 0.200. The van der Waals surface area contributed by atoms with Gasteiger partial charge in [-0.3, -0.25) is 0 Å². The first-order valence-corrected chi connectivity index (χ1v) is 7.92. The number of hydrogen-bond acceptors (Lipinski definition) is 4. The predicted octanol–water partition coefficient (Wildman–Crippen LogP) is 1.68. The molecule has 110 valence electrons. The molecule has 0 bridgehead atoms. The van der Waals surface area contributed by atoms with Gasteiger partial charge in [0.15, 0.2) is 0 Å². The lowest BCUT2D eigenvalue weighted by Crippen LogP contribution is -2.33. The monoisotopic (exact) mass is 305 g/mol. The van der Waals surface area contributed by atoms with Gasteiger partial charge in [0.1, 0.15) is 12.5 Å². The minimum absolute atomic E-state index is 0.0795. The van der Waals surface area contributed by atoms with Crippen LogP contribution in [0.5, 0.6) is 0 Å². The third-order valence-electron chi connectivity index (χ3n) is 3.68. The highest BCUT2D eigenvalue weighted by atomic mass is 32.2. The van der Waals surface area contributed by atoms with E-state index in [1.807, 2.05) is 0 Å². The zero-order valence-electron chi connectivity index (χ0n) is 11.3. The Balaban J connectivity index is 2.12. The van der Waals surface area contributed by atoms with Crippen LogP contribution in [0.15, 0.2) is 53.4 Å². The van der Waals surface area contributed by atoms with Crippen LogP contribution in [0.4, 0.5) is 0 Å². The van der Waals surface area contributed by atoms with E-state index in [1.165, 1.54) is 6.07 Å². The van der Waals surface area contributed by atoms with Crippen LogP contribution in [-0.4, -0.2) is 22.9 Å². The lowest BCUT2D eigenvalue weighted by molar-refractivity contribution is -0.0226. The largest absolute Gasteiger partial charge is 0.373 e. The SMILES string of the molecule is Cc1ccccc1S(=O)(=O)N1C(O)c2ccccc2C1O. The van der Waals surface area contributed by atoms with Gasteiger partial charge in [-0.15, -0.1) is 4.31 Å². The Morgan fingerprint density at radius 2 is 1.38 bits per heavy atom. The van der Waals surface area contributed by atoms with Crippen molar-refractivity contribution in [3.63, 3.8) is 0 Å². The highest BCUT2D eigenvalue weighted by Gasteiger charge is 2.44. The molecule has 1 aliphatic rings. The molecule has 0 amide bonds. The fourth-order valence-corrected chi connectivity index (χ4v) is 4.32. The number of hydrogen-bond donors (Lipinski definition) is 2. The summed E-state index contributed by atoms with van der Waals surface area (Å²) in [6.07, 6.45) is -2.78. The Labute approximate surface area is 123 Å². The second-order valence-electron chi connectivity index (χ2n) is 4.98. The highest BCUT2D eigenvalue weighted by molar-refractivity contribution is 7.89. The highest BCUT2D eigenvalue weighted by Crippen LogP contribution is 2.42. The van der Waals surface area contributed by atoms with Gasteiger partial charge >= 0.3 is 0 Å². The Bertz CT molecular complexity index is 759. The van der Waals surface area contributed by atoms with Crippen LogP contribution >= 0.6 is 0 Å². The smallest absolute Gasteiger partial charge is 0.248 e. The second kappa shape index (κ2) is 4.92. The molecule has 2 atom stereocenters. The molecule has 0 spiro atoms. The molecule has 21 heavy (non-hydrogen) atoms. The summed E-state index contributed by atoms with van der Waals surface area (Å²) in [5, 5.41) is 20.6. The third-order valence-corrected chi connectivity index (χ3v) is 5.65. The van der Waals surface area contributed by atoms with Gasteiger partial charge in [0.25, 0.3) is 0 Å². The molecule has 3 rings (SSSR count). The number of nitrogens with zero attached hydrogens (tertiary/aromatic N) is 1. The molecule has 2 unspecified atom stereocenters. The first-order valence-electron chi connectivity index (χ1n) is 6.48. The number of aliphatic hydroxyl groups excluding tert-OH is 2. The average Bonchev–Trinajstić information content (AvgIpc) is 2.72. The summed E-state index contributed by atoms with van der Waals surface area (Å²) in [5.41, 5.74) is 1.37. The van der Waals surface area contributed by atoms with Crippen molar-refractivity contribution in [2.45, 2.75) is 24.3 Å². The minimum Gasteiger partial charge on any atom is -0.373 e. The van der Waals surface area contributed by atoms with Crippen molar-refractivity contribution in [1.29, 1.82) is 0 Å². The first-order chi connectivity index (χ1) is 9.94. The number of rotatable bonds is 2. The van der Waals surface area contributed by atoms with Gasteiger partial charge in [-0.05, 0) is 18.6 Å². The van der Waals surface area contributed by atoms with Crippen LogP contribution in [0.1, 0.15) is 29.1 Å². The zero-order valence-corrected chi connectivity index (χ0v) is 12.2. The van der Waals surface area contributed by atoms with Crippen LogP contribution in [0.2, 0.25) is 0 Å².